The maximum atomic E-state index is 10.8. The summed E-state index contributed by atoms with van der Waals surface area (Å²) >= 11 is 0. The van der Waals surface area contributed by atoms with Crippen LogP contribution in [0.3, 0.4) is 0 Å². The Morgan fingerprint density at radius 3 is 2.00 bits per heavy atom. The van der Waals surface area contributed by atoms with Crippen LogP contribution in [0.15, 0.2) is 0 Å². The molecule has 2 N–H and O–H groups in total. The Kier molecular flexibility index (Phi) is 1.01. The summed E-state index contributed by atoms with van der Waals surface area (Å²) in [6.07, 6.45) is 1.72. The lowest BCUT2D eigenvalue weighted by molar-refractivity contribution is -0.156. The Bertz CT molecular complexity index is 118. The van der Waals surface area contributed by atoms with Crippen molar-refractivity contribution in [2.45, 2.75) is 24.9 Å². The zero-order valence-electron chi connectivity index (χ0n) is 4.52. The van der Waals surface area contributed by atoms with E-state index in [1.165, 1.54) is 0 Å². The first-order valence-electron chi connectivity index (χ1n) is 2.65. The number of primary amides is 1. The van der Waals surface area contributed by atoms with Gasteiger partial charge in [0.15, 0.2) is 5.60 Å². The first-order valence-corrected chi connectivity index (χ1v) is 2.65. The van der Waals surface area contributed by atoms with Crippen LogP contribution in [-0.2, 0) is 9.90 Å². The molecule has 8 heavy (non-hydrogen) atoms. The summed E-state index contributed by atoms with van der Waals surface area (Å²) in [6, 6.07) is 0. The quantitative estimate of drug-likeness (QED) is 0.505. The van der Waals surface area contributed by atoms with Crippen molar-refractivity contribution in [2.24, 2.45) is 5.73 Å². The third-order valence-electron chi connectivity index (χ3n) is 1.61. The normalized spacial score (nSPS) is 24.1. The number of carbonyl (C=O) groups excluding carboxylic acids is 1. The number of nitrogens with two attached hydrogens (primary N) is 1. The Labute approximate surface area is 47.5 Å². The molecule has 3 heteroatoms. The molecule has 3 nitrogen and oxygen atoms in total. The standard InChI is InChI=1S/C5H8NO2/c6-4(7)5(8)2-1-3-5/h1-3H2,(H2,6,7). The highest BCUT2D eigenvalue weighted by atomic mass is 16.3. The van der Waals surface area contributed by atoms with Gasteiger partial charge in [-0.05, 0) is 19.3 Å². The first kappa shape index (κ1) is 5.56. The van der Waals surface area contributed by atoms with Crippen LogP contribution in [0.5, 0.6) is 0 Å². The summed E-state index contributed by atoms with van der Waals surface area (Å²) < 4.78 is 0. The molecular weight excluding hydrogens is 106 g/mol. The summed E-state index contributed by atoms with van der Waals surface area (Å²) in [5.74, 6) is -0.691. The fourth-order valence-electron chi connectivity index (χ4n) is 0.744. The Morgan fingerprint density at radius 1 is 1.50 bits per heavy atom. The van der Waals surface area contributed by atoms with Crippen LogP contribution in [0.1, 0.15) is 19.3 Å². The van der Waals surface area contributed by atoms with E-state index in [0.717, 1.165) is 6.42 Å². The van der Waals surface area contributed by atoms with Crippen LogP contribution in [0.25, 0.3) is 0 Å². The third kappa shape index (κ3) is 0.591. The largest absolute Gasteiger partial charge is 0.367 e. The highest BCUT2D eigenvalue weighted by molar-refractivity contribution is 5.83. The Hall–Kier alpha value is -0.570. The van der Waals surface area contributed by atoms with Crippen molar-refractivity contribution >= 4 is 5.91 Å². The van der Waals surface area contributed by atoms with Gasteiger partial charge in [0.25, 0.3) is 5.91 Å². The fourth-order valence-corrected chi connectivity index (χ4v) is 0.744. The second kappa shape index (κ2) is 1.45. The SMILES string of the molecule is NC(=O)C1([O])CCC1. The number of hydrogen-bond acceptors (Lipinski definition) is 1. The highest BCUT2D eigenvalue weighted by Crippen LogP contribution is 2.31. The molecule has 0 bridgehead atoms. The van der Waals surface area contributed by atoms with Crippen molar-refractivity contribution in [3.05, 3.63) is 0 Å². The van der Waals surface area contributed by atoms with Crippen molar-refractivity contribution < 1.29 is 9.90 Å². The lowest BCUT2D eigenvalue weighted by Gasteiger charge is -2.29. The van der Waals surface area contributed by atoms with Crippen LogP contribution in [0, 0.1) is 0 Å². The zero-order chi connectivity index (χ0) is 6.20. The monoisotopic (exact) mass is 114 g/mol. The summed E-state index contributed by atoms with van der Waals surface area (Å²) in [5.41, 5.74) is 3.39. The topological polar surface area (TPSA) is 63.0 Å². The van der Waals surface area contributed by atoms with Gasteiger partial charge < -0.3 is 5.73 Å². The summed E-state index contributed by atoms with van der Waals surface area (Å²) in [4.78, 5) is 10.2. The predicted octanol–water partition coefficient (Wildman–Crippen LogP) is -0.175. The smallest absolute Gasteiger partial charge is 0.253 e. The van der Waals surface area contributed by atoms with Crippen molar-refractivity contribution in [3.63, 3.8) is 0 Å². The fraction of sp³-hybridized carbons (Fsp3) is 0.800. The van der Waals surface area contributed by atoms with Gasteiger partial charge in [-0.1, -0.05) is 0 Å². The second-order valence-corrected chi connectivity index (χ2v) is 2.21. The van der Waals surface area contributed by atoms with E-state index in [-0.39, 0.29) is 0 Å². The first-order chi connectivity index (χ1) is 3.65. The van der Waals surface area contributed by atoms with E-state index in [1.807, 2.05) is 0 Å². The molecule has 0 atom stereocenters. The number of rotatable bonds is 1. The van der Waals surface area contributed by atoms with E-state index in [2.05, 4.69) is 0 Å². The highest BCUT2D eigenvalue weighted by Gasteiger charge is 2.42. The van der Waals surface area contributed by atoms with E-state index in [9.17, 15) is 9.90 Å². The molecule has 0 spiro atoms. The molecule has 0 aromatic heterocycles. The Balaban J connectivity index is 2.53. The van der Waals surface area contributed by atoms with Crippen molar-refractivity contribution in [2.75, 3.05) is 0 Å². The van der Waals surface area contributed by atoms with E-state index >= 15 is 0 Å². The van der Waals surface area contributed by atoms with E-state index in [1.54, 1.807) is 0 Å². The van der Waals surface area contributed by atoms with Gasteiger partial charge >= 0.3 is 0 Å². The van der Waals surface area contributed by atoms with Gasteiger partial charge in [-0.3, -0.25) is 4.79 Å². The molecule has 1 fully saturated rings. The average Bonchev–Trinajstić information content (AvgIpc) is 1.60. The maximum absolute atomic E-state index is 10.8. The molecule has 0 saturated heterocycles. The van der Waals surface area contributed by atoms with Crippen molar-refractivity contribution in [3.8, 4) is 0 Å². The molecule has 0 aliphatic heterocycles. The number of amides is 1. The molecule has 45 valence electrons. The van der Waals surface area contributed by atoms with Crippen molar-refractivity contribution in [1.82, 2.24) is 0 Å². The van der Waals surface area contributed by atoms with Gasteiger partial charge in [0, 0.05) is 0 Å². The molecule has 1 amide bonds. The van der Waals surface area contributed by atoms with Gasteiger partial charge in [0.05, 0.1) is 0 Å². The summed E-state index contributed by atoms with van der Waals surface area (Å²) in [7, 11) is 0. The van der Waals surface area contributed by atoms with Gasteiger partial charge in [-0.25, -0.2) is 5.11 Å². The van der Waals surface area contributed by atoms with Gasteiger partial charge in [0.1, 0.15) is 0 Å². The molecule has 1 rings (SSSR count). The summed E-state index contributed by atoms with van der Waals surface area (Å²) in [6.45, 7) is 0. The van der Waals surface area contributed by atoms with Crippen LogP contribution in [0.2, 0.25) is 0 Å². The second-order valence-electron chi connectivity index (χ2n) is 2.21. The molecule has 0 aromatic carbocycles. The summed E-state index contributed by atoms with van der Waals surface area (Å²) in [5, 5.41) is 10.8. The Morgan fingerprint density at radius 2 is 2.00 bits per heavy atom. The lowest BCUT2D eigenvalue weighted by Crippen LogP contribution is -2.48. The van der Waals surface area contributed by atoms with Crippen LogP contribution in [-0.4, -0.2) is 11.5 Å². The van der Waals surface area contributed by atoms with E-state index in [0.29, 0.717) is 12.8 Å². The van der Waals surface area contributed by atoms with Gasteiger partial charge in [-0.2, -0.15) is 0 Å². The molecule has 0 aromatic rings. The molecule has 0 heterocycles. The molecule has 1 saturated carbocycles. The minimum atomic E-state index is -1.39. The maximum Gasteiger partial charge on any atom is 0.253 e. The predicted molar refractivity (Wildman–Crippen MR) is 26.5 cm³/mol. The van der Waals surface area contributed by atoms with Crippen LogP contribution >= 0.6 is 0 Å². The molecule has 0 unspecified atom stereocenters. The lowest BCUT2D eigenvalue weighted by atomic mass is 9.80. The number of hydrogen-bond donors (Lipinski definition) is 1. The number of carbonyl (C=O) groups is 1. The van der Waals surface area contributed by atoms with Gasteiger partial charge in [0.2, 0.25) is 0 Å². The molecule has 1 radical (unpaired) electrons. The minimum Gasteiger partial charge on any atom is -0.367 e. The van der Waals surface area contributed by atoms with Crippen molar-refractivity contribution in [1.29, 1.82) is 0 Å². The van der Waals surface area contributed by atoms with Crippen LogP contribution in [0.4, 0.5) is 0 Å². The molecule has 1 aliphatic carbocycles. The minimum absolute atomic E-state index is 0.433. The molecule has 1 aliphatic rings. The van der Waals surface area contributed by atoms with E-state index in [4.69, 9.17) is 5.73 Å². The average molecular weight is 114 g/mol. The van der Waals surface area contributed by atoms with Crippen LogP contribution < -0.4 is 5.73 Å². The van der Waals surface area contributed by atoms with E-state index < -0.39 is 11.5 Å². The molecular formula is C5H8NO2. The van der Waals surface area contributed by atoms with Gasteiger partial charge in [-0.15, -0.1) is 0 Å². The zero-order valence-corrected chi connectivity index (χ0v) is 4.52. The third-order valence-corrected chi connectivity index (χ3v) is 1.61.